The molecule has 2 unspecified atom stereocenters. The highest BCUT2D eigenvalue weighted by Gasteiger charge is 2.24. The van der Waals surface area contributed by atoms with Crippen molar-refractivity contribution in [3.8, 4) is 0 Å². The SMILES string of the molecule is CC(Cc1cccs1)N(C)C(CN)CC(C)(C)C. The summed E-state index contributed by atoms with van der Waals surface area (Å²) in [6, 6.07) is 5.36. The largest absolute Gasteiger partial charge is 0.329 e. The number of rotatable bonds is 6. The third-order valence-corrected chi connectivity index (χ3v) is 4.37. The summed E-state index contributed by atoms with van der Waals surface area (Å²) in [6.45, 7) is 9.89. The van der Waals surface area contributed by atoms with Gasteiger partial charge in [-0.25, -0.2) is 0 Å². The predicted octanol–water partition coefficient (Wildman–Crippen LogP) is 3.37. The lowest BCUT2D eigenvalue weighted by Gasteiger charge is -2.36. The van der Waals surface area contributed by atoms with E-state index in [4.69, 9.17) is 5.73 Å². The molecule has 0 fully saturated rings. The van der Waals surface area contributed by atoms with Gasteiger partial charge in [-0.3, -0.25) is 4.90 Å². The van der Waals surface area contributed by atoms with E-state index in [1.807, 2.05) is 11.3 Å². The lowest BCUT2D eigenvalue weighted by Crippen LogP contribution is -2.45. The van der Waals surface area contributed by atoms with Crippen molar-refractivity contribution in [2.75, 3.05) is 13.6 Å². The van der Waals surface area contributed by atoms with Crippen LogP contribution < -0.4 is 5.73 Å². The molecule has 0 radical (unpaired) electrons. The molecule has 0 aromatic carbocycles. The highest BCUT2D eigenvalue weighted by Crippen LogP contribution is 2.24. The first-order chi connectivity index (χ1) is 8.33. The number of thiophene rings is 1. The first kappa shape index (κ1) is 15.7. The standard InChI is InChI=1S/C15H28N2S/c1-12(9-14-7-6-8-18-14)17(5)13(11-16)10-15(2,3)4/h6-8,12-13H,9-11,16H2,1-5H3. The summed E-state index contributed by atoms with van der Waals surface area (Å²) >= 11 is 1.84. The molecule has 1 aromatic rings. The van der Waals surface area contributed by atoms with Crippen LogP contribution in [-0.2, 0) is 6.42 Å². The first-order valence-electron chi connectivity index (χ1n) is 6.78. The monoisotopic (exact) mass is 268 g/mol. The Hall–Kier alpha value is -0.380. The minimum Gasteiger partial charge on any atom is -0.329 e. The molecular formula is C15H28N2S. The summed E-state index contributed by atoms with van der Waals surface area (Å²) in [6.07, 6.45) is 2.27. The average Bonchev–Trinajstić information content (AvgIpc) is 2.76. The third-order valence-electron chi connectivity index (χ3n) is 3.47. The maximum atomic E-state index is 5.95. The van der Waals surface area contributed by atoms with Gasteiger partial charge in [0.05, 0.1) is 0 Å². The first-order valence-corrected chi connectivity index (χ1v) is 7.66. The van der Waals surface area contributed by atoms with Gasteiger partial charge in [0.25, 0.3) is 0 Å². The van der Waals surface area contributed by atoms with Crippen LogP contribution in [0.25, 0.3) is 0 Å². The maximum Gasteiger partial charge on any atom is 0.0223 e. The Morgan fingerprint density at radius 2 is 2.06 bits per heavy atom. The highest BCUT2D eigenvalue weighted by molar-refractivity contribution is 7.09. The van der Waals surface area contributed by atoms with Crippen molar-refractivity contribution >= 4 is 11.3 Å². The van der Waals surface area contributed by atoms with Gasteiger partial charge in [0.15, 0.2) is 0 Å². The molecular weight excluding hydrogens is 240 g/mol. The Labute approximate surface area is 116 Å². The second-order valence-corrected chi connectivity index (χ2v) is 7.48. The zero-order valence-electron chi connectivity index (χ0n) is 12.4. The average molecular weight is 268 g/mol. The number of nitrogens with zero attached hydrogens (tertiary/aromatic N) is 1. The van der Waals surface area contributed by atoms with Crippen molar-refractivity contribution in [1.82, 2.24) is 4.90 Å². The molecule has 0 spiro atoms. The van der Waals surface area contributed by atoms with Crippen molar-refractivity contribution < 1.29 is 0 Å². The summed E-state index contributed by atoms with van der Waals surface area (Å²) < 4.78 is 0. The van der Waals surface area contributed by atoms with Crippen LogP contribution in [0.1, 0.15) is 39.0 Å². The van der Waals surface area contributed by atoms with Crippen molar-refractivity contribution in [3.05, 3.63) is 22.4 Å². The molecule has 1 rings (SSSR count). The fourth-order valence-corrected chi connectivity index (χ4v) is 3.15. The van der Waals surface area contributed by atoms with Crippen molar-refractivity contribution in [1.29, 1.82) is 0 Å². The summed E-state index contributed by atoms with van der Waals surface area (Å²) in [5.41, 5.74) is 6.29. The fourth-order valence-electron chi connectivity index (χ4n) is 2.32. The van der Waals surface area contributed by atoms with Crippen LogP contribution >= 0.6 is 11.3 Å². The molecule has 2 atom stereocenters. The van der Waals surface area contributed by atoms with E-state index in [9.17, 15) is 0 Å². The van der Waals surface area contributed by atoms with Crippen molar-refractivity contribution in [3.63, 3.8) is 0 Å². The molecule has 1 aromatic heterocycles. The number of hydrogen-bond acceptors (Lipinski definition) is 3. The van der Waals surface area contributed by atoms with Gasteiger partial charge in [-0.2, -0.15) is 0 Å². The molecule has 0 bridgehead atoms. The Kier molecular flexibility index (Phi) is 5.83. The lowest BCUT2D eigenvalue weighted by molar-refractivity contribution is 0.143. The van der Waals surface area contributed by atoms with E-state index < -0.39 is 0 Å². The topological polar surface area (TPSA) is 29.3 Å². The molecule has 18 heavy (non-hydrogen) atoms. The smallest absolute Gasteiger partial charge is 0.0223 e. The number of nitrogens with two attached hydrogens (primary N) is 1. The minimum atomic E-state index is 0.334. The van der Waals surface area contributed by atoms with Crippen molar-refractivity contribution in [2.45, 2.75) is 52.6 Å². The van der Waals surface area contributed by atoms with E-state index in [0.717, 1.165) is 19.4 Å². The van der Waals surface area contributed by atoms with Crippen LogP contribution in [0.3, 0.4) is 0 Å². The van der Waals surface area contributed by atoms with Crippen LogP contribution in [0.15, 0.2) is 17.5 Å². The quantitative estimate of drug-likeness (QED) is 0.857. The van der Waals surface area contributed by atoms with Crippen molar-refractivity contribution in [2.24, 2.45) is 11.1 Å². The predicted molar refractivity (Wildman–Crippen MR) is 82.2 cm³/mol. The second-order valence-electron chi connectivity index (χ2n) is 6.45. The lowest BCUT2D eigenvalue weighted by atomic mass is 9.87. The zero-order valence-corrected chi connectivity index (χ0v) is 13.3. The summed E-state index contributed by atoms with van der Waals surface area (Å²) in [5, 5.41) is 2.15. The van der Waals surface area contributed by atoms with Crippen LogP contribution in [0.4, 0.5) is 0 Å². The van der Waals surface area contributed by atoms with Gasteiger partial charge >= 0.3 is 0 Å². The van der Waals surface area contributed by atoms with Crippen LogP contribution in [-0.4, -0.2) is 30.6 Å². The van der Waals surface area contributed by atoms with E-state index in [1.54, 1.807) is 0 Å². The summed E-state index contributed by atoms with van der Waals surface area (Å²) in [4.78, 5) is 3.91. The van der Waals surface area contributed by atoms with E-state index in [0.29, 0.717) is 17.5 Å². The number of hydrogen-bond donors (Lipinski definition) is 1. The molecule has 0 aliphatic heterocycles. The molecule has 0 aliphatic rings. The molecule has 0 amide bonds. The maximum absolute atomic E-state index is 5.95. The van der Waals surface area contributed by atoms with Gasteiger partial charge in [-0.05, 0) is 43.7 Å². The second kappa shape index (κ2) is 6.69. The van der Waals surface area contributed by atoms with E-state index in [2.05, 4.69) is 57.2 Å². The van der Waals surface area contributed by atoms with Gasteiger partial charge in [0.1, 0.15) is 0 Å². The fraction of sp³-hybridized carbons (Fsp3) is 0.733. The molecule has 1 heterocycles. The molecule has 2 nitrogen and oxygen atoms in total. The normalized spacial score (nSPS) is 15.9. The van der Waals surface area contributed by atoms with E-state index in [1.165, 1.54) is 4.88 Å². The van der Waals surface area contributed by atoms with Gasteiger partial charge in [-0.1, -0.05) is 26.8 Å². The molecule has 3 heteroatoms. The molecule has 0 saturated carbocycles. The van der Waals surface area contributed by atoms with Gasteiger partial charge in [0.2, 0.25) is 0 Å². The Morgan fingerprint density at radius 1 is 1.39 bits per heavy atom. The minimum absolute atomic E-state index is 0.334. The highest BCUT2D eigenvalue weighted by atomic mass is 32.1. The van der Waals surface area contributed by atoms with Crippen LogP contribution in [0.5, 0.6) is 0 Å². The van der Waals surface area contributed by atoms with E-state index >= 15 is 0 Å². The third kappa shape index (κ3) is 5.09. The van der Waals surface area contributed by atoms with E-state index in [-0.39, 0.29) is 0 Å². The molecule has 0 aliphatic carbocycles. The Balaban J connectivity index is 2.57. The zero-order chi connectivity index (χ0) is 13.8. The number of likely N-dealkylation sites (N-methyl/N-ethyl adjacent to an activating group) is 1. The Morgan fingerprint density at radius 3 is 2.50 bits per heavy atom. The molecule has 0 saturated heterocycles. The van der Waals surface area contributed by atoms with Gasteiger partial charge in [0, 0.05) is 23.5 Å². The van der Waals surface area contributed by atoms with Gasteiger partial charge < -0.3 is 5.73 Å². The van der Waals surface area contributed by atoms with Crippen LogP contribution in [0.2, 0.25) is 0 Å². The Bertz CT molecular complexity index is 327. The molecule has 2 N–H and O–H groups in total. The van der Waals surface area contributed by atoms with Crippen LogP contribution in [0, 0.1) is 5.41 Å². The summed E-state index contributed by atoms with van der Waals surface area (Å²) in [5.74, 6) is 0. The summed E-state index contributed by atoms with van der Waals surface area (Å²) in [7, 11) is 2.21. The van der Waals surface area contributed by atoms with Gasteiger partial charge in [-0.15, -0.1) is 11.3 Å². The molecule has 104 valence electrons.